The molecule has 21 heavy (non-hydrogen) atoms. The monoisotopic (exact) mass is 305 g/mol. The van der Waals surface area contributed by atoms with Crippen molar-refractivity contribution in [1.29, 1.82) is 0 Å². The lowest BCUT2D eigenvalue weighted by Gasteiger charge is -2.11. The summed E-state index contributed by atoms with van der Waals surface area (Å²) in [5.41, 5.74) is 1.71. The summed E-state index contributed by atoms with van der Waals surface area (Å²) in [5, 5.41) is 0.821. The Labute approximate surface area is 128 Å². The Morgan fingerprint density at radius 1 is 1.19 bits per heavy atom. The first-order valence-electron chi connectivity index (χ1n) is 6.95. The average molecular weight is 305 g/mol. The van der Waals surface area contributed by atoms with Gasteiger partial charge in [-0.2, -0.15) is 0 Å². The van der Waals surface area contributed by atoms with Gasteiger partial charge in [0.15, 0.2) is 17.3 Å². The highest BCUT2D eigenvalue weighted by molar-refractivity contribution is 7.17. The second-order valence-electron chi connectivity index (χ2n) is 4.52. The molecule has 0 fully saturated rings. The van der Waals surface area contributed by atoms with Crippen molar-refractivity contribution in [2.75, 3.05) is 13.2 Å². The summed E-state index contributed by atoms with van der Waals surface area (Å²) in [6.45, 7) is 8.45. The van der Waals surface area contributed by atoms with Crippen LogP contribution in [0.25, 0.3) is 10.6 Å². The summed E-state index contributed by atoms with van der Waals surface area (Å²) < 4.78 is 11.2. The zero-order chi connectivity index (χ0) is 15.4. The van der Waals surface area contributed by atoms with Crippen molar-refractivity contribution in [2.45, 2.75) is 27.7 Å². The second-order valence-corrected chi connectivity index (χ2v) is 5.52. The zero-order valence-corrected chi connectivity index (χ0v) is 13.5. The van der Waals surface area contributed by atoms with Gasteiger partial charge in [-0.15, -0.1) is 11.3 Å². The molecule has 1 heterocycles. The Bertz CT molecular complexity index is 649. The van der Waals surface area contributed by atoms with Crippen molar-refractivity contribution in [3.05, 3.63) is 28.8 Å². The van der Waals surface area contributed by atoms with Crippen LogP contribution in [0.15, 0.2) is 18.2 Å². The molecule has 112 valence electrons. The van der Waals surface area contributed by atoms with E-state index in [0.717, 1.165) is 22.0 Å². The first-order chi connectivity index (χ1) is 10.1. The van der Waals surface area contributed by atoms with Crippen molar-refractivity contribution < 1.29 is 14.3 Å². The predicted octanol–water partition coefficient (Wildman–Crippen LogP) is 4.12. The minimum absolute atomic E-state index is 0.0484. The maximum atomic E-state index is 11.5. The minimum atomic E-state index is 0.0484. The normalized spacial score (nSPS) is 10.5. The lowest BCUT2D eigenvalue weighted by Crippen LogP contribution is -1.98. The van der Waals surface area contributed by atoms with Crippen molar-refractivity contribution in [3.8, 4) is 22.1 Å². The predicted molar refractivity (Wildman–Crippen MR) is 84.6 cm³/mol. The Morgan fingerprint density at radius 3 is 2.43 bits per heavy atom. The summed E-state index contributed by atoms with van der Waals surface area (Å²) in [6.07, 6.45) is 0. The van der Waals surface area contributed by atoms with E-state index < -0.39 is 0 Å². The number of aryl methyl sites for hydroxylation is 1. The van der Waals surface area contributed by atoms with Gasteiger partial charge < -0.3 is 9.47 Å². The van der Waals surface area contributed by atoms with E-state index in [1.54, 1.807) is 6.92 Å². The van der Waals surface area contributed by atoms with Gasteiger partial charge in [-0.25, -0.2) is 4.98 Å². The highest BCUT2D eigenvalue weighted by atomic mass is 32.1. The number of carbonyl (C=O) groups is 1. The third-order valence-electron chi connectivity index (χ3n) is 2.91. The molecule has 2 rings (SSSR count). The molecule has 0 saturated carbocycles. The first kappa shape index (κ1) is 15.5. The summed E-state index contributed by atoms with van der Waals surface area (Å²) in [7, 11) is 0. The molecule has 0 aliphatic heterocycles. The van der Waals surface area contributed by atoms with Crippen molar-refractivity contribution in [2.24, 2.45) is 0 Å². The molecular weight excluding hydrogens is 286 g/mol. The number of rotatable bonds is 6. The minimum Gasteiger partial charge on any atom is -0.490 e. The molecule has 0 bridgehead atoms. The summed E-state index contributed by atoms with van der Waals surface area (Å²) in [4.78, 5) is 16.7. The molecule has 0 spiro atoms. The number of aromatic nitrogens is 1. The Kier molecular flexibility index (Phi) is 4.96. The van der Waals surface area contributed by atoms with Gasteiger partial charge >= 0.3 is 0 Å². The van der Waals surface area contributed by atoms with Crippen molar-refractivity contribution >= 4 is 17.1 Å². The molecule has 5 heteroatoms. The molecule has 4 nitrogen and oxygen atoms in total. The van der Waals surface area contributed by atoms with Gasteiger partial charge in [-0.05, 0) is 39.0 Å². The quantitative estimate of drug-likeness (QED) is 0.753. The van der Waals surface area contributed by atoms with E-state index in [-0.39, 0.29) is 5.78 Å². The van der Waals surface area contributed by atoms with Crippen LogP contribution in [0.3, 0.4) is 0 Å². The number of hydrogen-bond acceptors (Lipinski definition) is 5. The van der Waals surface area contributed by atoms with Gasteiger partial charge in [0, 0.05) is 12.5 Å². The van der Waals surface area contributed by atoms with Crippen molar-refractivity contribution in [1.82, 2.24) is 4.98 Å². The molecule has 0 amide bonds. The van der Waals surface area contributed by atoms with E-state index in [4.69, 9.17) is 9.47 Å². The Balaban J connectivity index is 2.42. The average Bonchev–Trinajstić information content (AvgIpc) is 2.83. The fourth-order valence-electron chi connectivity index (χ4n) is 2.03. The second kappa shape index (κ2) is 6.72. The molecule has 0 atom stereocenters. The molecule has 0 aliphatic rings. The Hall–Kier alpha value is -1.88. The van der Waals surface area contributed by atoms with Crippen LogP contribution >= 0.6 is 11.3 Å². The number of Topliss-reactive ketones (excluding diaryl/α,β-unsaturated/α-hetero) is 1. The SMILES string of the molecule is CCOc1ccc(-c2nc(C)c(C(C)=O)s2)cc1OCC. The van der Waals surface area contributed by atoms with Crippen LogP contribution in [0.5, 0.6) is 11.5 Å². The number of carbonyl (C=O) groups excluding carboxylic acids is 1. The van der Waals surface area contributed by atoms with E-state index in [2.05, 4.69) is 4.98 Å². The first-order valence-corrected chi connectivity index (χ1v) is 7.76. The molecular formula is C16H19NO3S. The van der Waals surface area contributed by atoms with Gasteiger partial charge in [0.25, 0.3) is 0 Å². The van der Waals surface area contributed by atoms with Gasteiger partial charge in [0.2, 0.25) is 0 Å². The lowest BCUT2D eigenvalue weighted by atomic mass is 10.2. The van der Waals surface area contributed by atoms with Crippen LogP contribution < -0.4 is 9.47 Å². The number of thiazole rings is 1. The third kappa shape index (κ3) is 3.42. The van der Waals surface area contributed by atoms with Gasteiger partial charge in [0.05, 0.1) is 23.8 Å². The maximum absolute atomic E-state index is 11.5. The van der Waals surface area contributed by atoms with Gasteiger partial charge in [-0.3, -0.25) is 4.79 Å². The van der Waals surface area contributed by atoms with Gasteiger partial charge in [-0.1, -0.05) is 0 Å². The van der Waals surface area contributed by atoms with E-state index in [0.29, 0.717) is 23.8 Å². The van der Waals surface area contributed by atoms with E-state index in [1.165, 1.54) is 11.3 Å². The lowest BCUT2D eigenvalue weighted by molar-refractivity contribution is 0.102. The van der Waals surface area contributed by atoms with Crippen LogP contribution in [-0.4, -0.2) is 24.0 Å². The highest BCUT2D eigenvalue weighted by Gasteiger charge is 2.14. The third-order valence-corrected chi connectivity index (χ3v) is 4.21. The number of nitrogens with zero attached hydrogens (tertiary/aromatic N) is 1. The molecule has 0 radical (unpaired) electrons. The van der Waals surface area contributed by atoms with E-state index in [1.807, 2.05) is 39.0 Å². The molecule has 0 unspecified atom stereocenters. The standard InChI is InChI=1S/C16H19NO3S/c1-5-19-13-8-7-12(9-14(13)20-6-2)16-17-10(3)15(21-16)11(4)18/h7-9H,5-6H2,1-4H3. The summed E-state index contributed by atoms with van der Waals surface area (Å²) >= 11 is 1.41. The fourth-order valence-corrected chi connectivity index (χ4v) is 2.99. The molecule has 1 aromatic carbocycles. The molecule has 1 aromatic heterocycles. The molecule has 2 aromatic rings. The van der Waals surface area contributed by atoms with Crippen LogP contribution in [0.4, 0.5) is 0 Å². The number of benzene rings is 1. The fraction of sp³-hybridized carbons (Fsp3) is 0.375. The van der Waals surface area contributed by atoms with E-state index >= 15 is 0 Å². The maximum Gasteiger partial charge on any atom is 0.171 e. The van der Waals surface area contributed by atoms with E-state index in [9.17, 15) is 4.79 Å². The highest BCUT2D eigenvalue weighted by Crippen LogP contribution is 2.35. The molecule has 0 N–H and O–H groups in total. The smallest absolute Gasteiger partial charge is 0.171 e. The van der Waals surface area contributed by atoms with Crippen LogP contribution in [0.2, 0.25) is 0 Å². The van der Waals surface area contributed by atoms with Crippen LogP contribution in [0.1, 0.15) is 36.1 Å². The summed E-state index contributed by atoms with van der Waals surface area (Å²) in [6, 6.07) is 5.74. The topological polar surface area (TPSA) is 48.4 Å². The summed E-state index contributed by atoms with van der Waals surface area (Å²) in [5.74, 6) is 1.48. The zero-order valence-electron chi connectivity index (χ0n) is 12.7. The number of ketones is 1. The number of ether oxygens (including phenoxy) is 2. The van der Waals surface area contributed by atoms with Gasteiger partial charge in [0.1, 0.15) is 5.01 Å². The molecule has 0 aliphatic carbocycles. The van der Waals surface area contributed by atoms with Crippen molar-refractivity contribution in [3.63, 3.8) is 0 Å². The Morgan fingerprint density at radius 2 is 1.86 bits per heavy atom. The largest absolute Gasteiger partial charge is 0.490 e. The number of hydrogen-bond donors (Lipinski definition) is 0. The molecule has 0 saturated heterocycles. The van der Waals surface area contributed by atoms with Crippen LogP contribution in [0, 0.1) is 6.92 Å². The van der Waals surface area contributed by atoms with Crippen LogP contribution in [-0.2, 0) is 0 Å².